The second-order valence-electron chi connectivity index (χ2n) is 5.76. The summed E-state index contributed by atoms with van der Waals surface area (Å²) in [5.74, 6) is 0.423. The van der Waals surface area contributed by atoms with Crippen LogP contribution in [0.15, 0.2) is 18.3 Å². The standard InChI is InChI=1S/C17H29N3O3/c1-14(2)20(3)10-5-9-18-17(21)15-7-8-16(19-13-15)23-12-6-11-22-4/h7-8,13-14H,5-6,9-12H2,1-4H3,(H,18,21). The molecule has 0 bridgehead atoms. The van der Waals surface area contributed by atoms with Gasteiger partial charge in [0.2, 0.25) is 5.88 Å². The fourth-order valence-corrected chi connectivity index (χ4v) is 1.87. The van der Waals surface area contributed by atoms with Crippen LogP contribution in [0.2, 0.25) is 0 Å². The number of pyridine rings is 1. The molecule has 1 aromatic heterocycles. The highest BCUT2D eigenvalue weighted by Gasteiger charge is 2.07. The zero-order valence-corrected chi connectivity index (χ0v) is 14.7. The minimum Gasteiger partial charge on any atom is -0.478 e. The summed E-state index contributed by atoms with van der Waals surface area (Å²) in [6.45, 7) is 7.14. The van der Waals surface area contributed by atoms with Crippen LogP contribution >= 0.6 is 0 Å². The summed E-state index contributed by atoms with van der Waals surface area (Å²) in [5, 5.41) is 2.91. The first-order valence-corrected chi connectivity index (χ1v) is 8.10. The molecule has 0 aromatic carbocycles. The first kappa shape index (κ1) is 19.4. The van der Waals surface area contributed by atoms with Gasteiger partial charge in [0.1, 0.15) is 0 Å². The molecule has 23 heavy (non-hydrogen) atoms. The molecule has 0 fully saturated rings. The van der Waals surface area contributed by atoms with E-state index >= 15 is 0 Å². The number of methoxy groups -OCH3 is 1. The zero-order chi connectivity index (χ0) is 17.1. The number of aromatic nitrogens is 1. The van der Waals surface area contributed by atoms with Crippen molar-refractivity contribution >= 4 is 5.91 Å². The molecule has 6 heteroatoms. The number of carbonyl (C=O) groups excluding carboxylic acids is 1. The number of ether oxygens (including phenoxy) is 2. The van der Waals surface area contributed by atoms with Crippen molar-refractivity contribution in [2.75, 3.05) is 40.5 Å². The number of rotatable bonds is 11. The second kappa shape index (κ2) is 11.0. The summed E-state index contributed by atoms with van der Waals surface area (Å²) in [4.78, 5) is 18.4. The number of nitrogens with one attached hydrogen (secondary N) is 1. The molecule has 0 aliphatic carbocycles. The molecule has 0 saturated heterocycles. The van der Waals surface area contributed by atoms with Crippen molar-refractivity contribution in [1.29, 1.82) is 0 Å². The van der Waals surface area contributed by atoms with Crippen LogP contribution in [0.1, 0.15) is 37.0 Å². The Morgan fingerprint density at radius 1 is 1.30 bits per heavy atom. The largest absolute Gasteiger partial charge is 0.478 e. The number of hydrogen-bond donors (Lipinski definition) is 1. The van der Waals surface area contributed by atoms with E-state index in [9.17, 15) is 4.79 Å². The number of amides is 1. The molecule has 130 valence electrons. The Labute approximate surface area is 139 Å². The molecule has 0 aliphatic heterocycles. The van der Waals surface area contributed by atoms with Crippen molar-refractivity contribution in [3.63, 3.8) is 0 Å². The molecular formula is C17H29N3O3. The lowest BCUT2D eigenvalue weighted by atomic mass is 10.2. The molecule has 1 aromatic rings. The van der Waals surface area contributed by atoms with E-state index in [0.29, 0.717) is 37.2 Å². The smallest absolute Gasteiger partial charge is 0.252 e. The van der Waals surface area contributed by atoms with Gasteiger partial charge in [-0.05, 0) is 39.9 Å². The normalized spacial score (nSPS) is 11.0. The average Bonchev–Trinajstić information content (AvgIpc) is 2.55. The highest BCUT2D eigenvalue weighted by Crippen LogP contribution is 2.08. The van der Waals surface area contributed by atoms with Crippen LogP contribution in [-0.2, 0) is 4.74 Å². The summed E-state index contributed by atoms with van der Waals surface area (Å²) in [6.07, 6.45) is 3.28. The SMILES string of the molecule is COCCCOc1ccc(C(=O)NCCCN(C)C(C)C)cn1. The Hall–Kier alpha value is -1.66. The van der Waals surface area contributed by atoms with Crippen LogP contribution in [-0.4, -0.2) is 62.3 Å². The molecule has 0 unspecified atom stereocenters. The fourth-order valence-electron chi connectivity index (χ4n) is 1.87. The second-order valence-corrected chi connectivity index (χ2v) is 5.76. The quantitative estimate of drug-likeness (QED) is 0.631. The van der Waals surface area contributed by atoms with Crippen LogP contribution in [0.25, 0.3) is 0 Å². The van der Waals surface area contributed by atoms with Crippen molar-refractivity contribution in [2.24, 2.45) is 0 Å². The minimum absolute atomic E-state index is 0.101. The van der Waals surface area contributed by atoms with Gasteiger partial charge < -0.3 is 19.7 Å². The van der Waals surface area contributed by atoms with Crippen molar-refractivity contribution in [3.05, 3.63) is 23.9 Å². The van der Waals surface area contributed by atoms with Gasteiger partial charge in [-0.15, -0.1) is 0 Å². The van der Waals surface area contributed by atoms with Gasteiger partial charge >= 0.3 is 0 Å². The zero-order valence-electron chi connectivity index (χ0n) is 14.7. The van der Waals surface area contributed by atoms with Gasteiger partial charge in [-0.1, -0.05) is 0 Å². The average molecular weight is 323 g/mol. The monoisotopic (exact) mass is 323 g/mol. The van der Waals surface area contributed by atoms with Crippen molar-refractivity contribution in [3.8, 4) is 5.88 Å². The lowest BCUT2D eigenvalue weighted by Crippen LogP contribution is -2.31. The number of nitrogens with zero attached hydrogens (tertiary/aromatic N) is 2. The maximum Gasteiger partial charge on any atom is 0.252 e. The van der Waals surface area contributed by atoms with Gasteiger partial charge in [-0.25, -0.2) is 4.98 Å². The molecule has 0 atom stereocenters. The highest BCUT2D eigenvalue weighted by molar-refractivity contribution is 5.93. The van der Waals surface area contributed by atoms with E-state index < -0.39 is 0 Å². The van der Waals surface area contributed by atoms with Crippen LogP contribution in [0.5, 0.6) is 5.88 Å². The Morgan fingerprint density at radius 3 is 2.70 bits per heavy atom. The summed E-state index contributed by atoms with van der Waals surface area (Å²) in [7, 11) is 3.74. The van der Waals surface area contributed by atoms with Crippen LogP contribution in [0, 0.1) is 0 Å². The van der Waals surface area contributed by atoms with Crippen LogP contribution in [0.3, 0.4) is 0 Å². The van der Waals surface area contributed by atoms with Gasteiger partial charge in [0, 0.05) is 45.0 Å². The summed E-state index contributed by atoms with van der Waals surface area (Å²) < 4.78 is 10.4. The lowest BCUT2D eigenvalue weighted by Gasteiger charge is -2.20. The minimum atomic E-state index is -0.101. The molecule has 0 spiro atoms. The third-order valence-corrected chi connectivity index (χ3v) is 3.60. The Kier molecular flexibility index (Phi) is 9.24. The molecule has 1 N–H and O–H groups in total. The fraction of sp³-hybridized carbons (Fsp3) is 0.647. The molecule has 0 radical (unpaired) electrons. The van der Waals surface area contributed by atoms with Gasteiger partial charge in [0.05, 0.1) is 12.2 Å². The van der Waals surface area contributed by atoms with Gasteiger partial charge in [-0.3, -0.25) is 4.79 Å². The topological polar surface area (TPSA) is 63.7 Å². The van der Waals surface area contributed by atoms with Crippen molar-refractivity contribution < 1.29 is 14.3 Å². The molecule has 1 amide bonds. The molecule has 0 aliphatic rings. The first-order valence-electron chi connectivity index (χ1n) is 8.10. The van der Waals surface area contributed by atoms with Gasteiger partial charge in [0.25, 0.3) is 5.91 Å². The molecular weight excluding hydrogens is 294 g/mol. The predicted octanol–water partition coefficient (Wildman–Crippen LogP) is 1.96. The highest BCUT2D eigenvalue weighted by atomic mass is 16.5. The van der Waals surface area contributed by atoms with Crippen LogP contribution < -0.4 is 10.1 Å². The summed E-state index contributed by atoms with van der Waals surface area (Å²) in [5.41, 5.74) is 0.548. The summed E-state index contributed by atoms with van der Waals surface area (Å²) in [6, 6.07) is 3.97. The van der Waals surface area contributed by atoms with Crippen LogP contribution in [0.4, 0.5) is 0 Å². The molecule has 1 heterocycles. The third-order valence-electron chi connectivity index (χ3n) is 3.60. The first-order chi connectivity index (χ1) is 11.0. The van der Waals surface area contributed by atoms with E-state index in [1.54, 1.807) is 25.4 Å². The maximum absolute atomic E-state index is 12.0. The third kappa shape index (κ3) is 7.95. The van der Waals surface area contributed by atoms with E-state index in [-0.39, 0.29) is 5.91 Å². The van der Waals surface area contributed by atoms with Gasteiger partial charge in [0.15, 0.2) is 0 Å². The Morgan fingerprint density at radius 2 is 2.09 bits per heavy atom. The number of carbonyl (C=O) groups is 1. The summed E-state index contributed by atoms with van der Waals surface area (Å²) >= 11 is 0. The molecule has 1 rings (SSSR count). The van der Waals surface area contributed by atoms with E-state index in [4.69, 9.17) is 9.47 Å². The van der Waals surface area contributed by atoms with Crippen molar-refractivity contribution in [1.82, 2.24) is 15.2 Å². The maximum atomic E-state index is 12.0. The number of hydrogen-bond acceptors (Lipinski definition) is 5. The Balaban J connectivity index is 2.28. The van der Waals surface area contributed by atoms with E-state index in [2.05, 4.69) is 36.1 Å². The molecule has 0 saturated carbocycles. The Bertz CT molecular complexity index is 449. The predicted molar refractivity (Wildman–Crippen MR) is 90.9 cm³/mol. The lowest BCUT2D eigenvalue weighted by molar-refractivity contribution is 0.0951. The van der Waals surface area contributed by atoms with E-state index in [1.165, 1.54) is 0 Å². The van der Waals surface area contributed by atoms with E-state index in [1.807, 2.05) is 0 Å². The van der Waals surface area contributed by atoms with Gasteiger partial charge in [-0.2, -0.15) is 0 Å². The van der Waals surface area contributed by atoms with E-state index in [0.717, 1.165) is 19.4 Å². The molecule has 6 nitrogen and oxygen atoms in total. The van der Waals surface area contributed by atoms with Crippen molar-refractivity contribution in [2.45, 2.75) is 32.7 Å².